The predicted molar refractivity (Wildman–Crippen MR) is 67.7 cm³/mol. The molecule has 0 atom stereocenters. The average molecular weight is 289 g/mol. The SMILES string of the molecule is CN(C)C(=O)Nc1n[nH]c(C(C)(C)C)c1Br. The van der Waals surface area contributed by atoms with Gasteiger partial charge in [0.25, 0.3) is 0 Å². The van der Waals surface area contributed by atoms with Crippen LogP contribution in [-0.2, 0) is 5.41 Å². The number of aromatic nitrogens is 2. The second-order valence-corrected chi connectivity index (χ2v) is 5.63. The molecular weight excluding hydrogens is 272 g/mol. The standard InChI is InChI=1S/C10H17BrN4O/c1-10(2,3)7-6(11)8(14-13-7)12-9(16)15(4)5/h1-5H3,(H2,12,13,14,16). The molecule has 0 spiro atoms. The van der Waals surface area contributed by atoms with Crippen LogP contribution >= 0.6 is 15.9 Å². The van der Waals surface area contributed by atoms with E-state index in [-0.39, 0.29) is 11.4 Å². The van der Waals surface area contributed by atoms with Crippen molar-refractivity contribution in [3.05, 3.63) is 10.2 Å². The van der Waals surface area contributed by atoms with Crippen molar-refractivity contribution in [1.29, 1.82) is 0 Å². The quantitative estimate of drug-likeness (QED) is 0.834. The number of H-pyrrole nitrogens is 1. The Kier molecular flexibility index (Phi) is 3.62. The first-order chi connectivity index (χ1) is 7.23. The first-order valence-corrected chi connectivity index (χ1v) is 5.75. The number of hydrogen-bond acceptors (Lipinski definition) is 2. The molecule has 0 unspecified atom stereocenters. The Bertz CT molecular complexity index is 392. The zero-order valence-electron chi connectivity index (χ0n) is 10.2. The minimum Gasteiger partial charge on any atom is -0.331 e. The molecule has 1 aromatic heterocycles. The molecule has 1 rings (SSSR count). The molecule has 5 nitrogen and oxygen atoms in total. The second-order valence-electron chi connectivity index (χ2n) is 4.84. The average Bonchev–Trinajstić information content (AvgIpc) is 2.46. The molecule has 0 aliphatic heterocycles. The number of anilines is 1. The Labute approximate surface area is 104 Å². The molecule has 6 heteroatoms. The monoisotopic (exact) mass is 288 g/mol. The van der Waals surface area contributed by atoms with Crippen molar-refractivity contribution in [2.24, 2.45) is 0 Å². The number of urea groups is 1. The number of halogens is 1. The fraction of sp³-hybridized carbons (Fsp3) is 0.600. The molecule has 90 valence electrons. The molecule has 0 bridgehead atoms. The molecule has 1 heterocycles. The fourth-order valence-electron chi connectivity index (χ4n) is 1.12. The van der Waals surface area contributed by atoms with Crippen LogP contribution in [-0.4, -0.2) is 35.2 Å². The summed E-state index contributed by atoms with van der Waals surface area (Å²) in [5.41, 5.74) is 0.911. The van der Waals surface area contributed by atoms with Gasteiger partial charge in [-0.2, -0.15) is 5.10 Å². The number of amides is 2. The highest BCUT2D eigenvalue weighted by atomic mass is 79.9. The van der Waals surface area contributed by atoms with E-state index < -0.39 is 0 Å². The molecule has 0 aliphatic carbocycles. The summed E-state index contributed by atoms with van der Waals surface area (Å²) in [4.78, 5) is 12.9. The second kappa shape index (κ2) is 4.45. The van der Waals surface area contributed by atoms with E-state index in [2.05, 4.69) is 52.2 Å². The van der Waals surface area contributed by atoms with Crippen molar-refractivity contribution in [3.63, 3.8) is 0 Å². The smallest absolute Gasteiger partial charge is 0.322 e. The van der Waals surface area contributed by atoms with Crippen LogP contribution in [0.2, 0.25) is 0 Å². The van der Waals surface area contributed by atoms with E-state index in [0.717, 1.165) is 10.2 Å². The van der Waals surface area contributed by atoms with E-state index in [0.29, 0.717) is 5.82 Å². The van der Waals surface area contributed by atoms with Crippen molar-refractivity contribution in [2.45, 2.75) is 26.2 Å². The van der Waals surface area contributed by atoms with Gasteiger partial charge in [-0.05, 0) is 15.9 Å². The number of carbonyl (C=O) groups is 1. The summed E-state index contributed by atoms with van der Waals surface area (Å²) in [5, 5.41) is 9.70. The minimum absolute atomic E-state index is 0.0487. The Balaban J connectivity index is 2.93. The van der Waals surface area contributed by atoms with Gasteiger partial charge in [-0.3, -0.25) is 10.4 Å². The van der Waals surface area contributed by atoms with Gasteiger partial charge in [-0.1, -0.05) is 20.8 Å². The summed E-state index contributed by atoms with van der Waals surface area (Å²) in [6.45, 7) is 6.22. The first-order valence-electron chi connectivity index (χ1n) is 4.96. The maximum atomic E-state index is 11.5. The molecule has 0 saturated carbocycles. The molecule has 0 aliphatic rings. The van der Waals surface area contributed by atoms with Crippen LogP contribution in [0.15, 0.2) is 4.47 Å². The van der Waals surface area contributed by atoms with Gasteiger partial charge in [0.05, 0.1) is 10.2 Å². The Hall–Kier alpha value is -1.04. The van der Waals surface area contributed by atoms with E-state index in [4.69, 9.17) is 0 Å². The topological polar surface area (TPSA) is 61.0 Å². The third-order valence-electron chi connectivity index (χ3n) is 2.09. The lowest BCUT2D eigenvalue weighted by Crippen LogP contribution is -2.27. The molecule has 0 radical (unpaired) electrons. The number of rotatable bonds is 1. The summed E-state index contributed by atoms with van der Waals surface area (Å²) >= 11 is 3.44. The lowest BCUT2D eigenvalue weighted by atomic mass is 9.92. The lowest BCUT2D eigenvalue weighted by Gasteiger charge is -2.16. The summed E-state index contributed by atoms with van der Waals surface area (Å²) < 4.78 is 0.801. The van der Waals surface area contributed by atoms with E-state index in [1.165, 1.54) is 4.90 Å². The molecule has 1 aromatic rings. The maximum absolute atomic E-state index is 11.5. The molecule has 0 saturated heterocycles. The molecule has 0 aromatic carbocycles. The number of aromatic amines is 1. The van der Waals surface area contributed by atoms with Crippen LogP contribution in [0.3, 0.4) is 0 Å². The van der Waals surface area contributed by atoms with Gasteiger partial charge in [0.15, 0.2) is 5.82 Å². The maximum Gasteiger partial charge on any atom is 0.322 e. The third-order valence-corrected chi connectivity index (χ3v) is 2.86. The van der Waals surface area contributed by atoms with Gasteiger partial charge in [0, 0.05) is 19.5 Å². The van der Waals surface area contributed by atoms with E-state index in [1.54, 1.807) is 14.1 Å². The number of nitrogens with one attached hydrogen (secondary N) is 2. The fourth-order valence-corrected chi connectivity index (χ4v) is 1.99. The molecule has 0 fully saturated rings. The van der Waals surface area contributed by atoms with Crippen molar-refractivity contribution in [1.82, 2.24) is 15.1 Å². The van der Waals surface area contributed by atoms with Crippen LogP contribution in [0, 0.1) is 0 Å². The third kappa shape index (κ3) is 2.75. The van der Waals surface area contributed by atoms with E-state index >= 15 is 0 Å². The normalized spacial score (nSPS) is 11.4. The van der Waals surface area contributed by atoms with E-state index in [1.807, 2.05) is 0 Å². The zero-order chi connectivity index (χ0) is 12.5. The predicted octanol–water partition coefficient (Wildman–Crippen LogP) is 2.56. The highest BCUT2D eigenvalue weighted by molar-refractivity contribution is 9.10. The van der Waals surface area contributed by atoms with Crippen LogP contribution in [0.5, 0.6) is 0 Å². The number of nitrogens with zero attached hydrogens (tertiary/aromatic N) is 2. The number of hydrogen-bond donors (Lipinski definition) is 2. The van der Waals surface area contributed by atoms with Crippen molar-refractivity contribution in [3.8, 4) is 0 Å². The van der Waals surface area contributed by atoms with Gasteiger partial charge in [-0.25, -0.2) is 4.79 Å². The van der Waals surface area contributed by atoms with Gasteiger partial charge < -0.3 is 4.90 Å². The van der Waals surface area contributed by atoms with Gasteiger partial charge in [-0.15, -0.1) is 0 Å². The molecule has 16 heavy (non-hydrogen) atoms. The molecular formula is C10H17BrN4O. The van der Waals surface area contributed by atoms with Crippen LogP contribution in [0.4, 0.5) is 10.6 Å². The van der Waals surface area contributed by atoms with Crippen LogP contribution in [0.25, 0.3) is 0 Å². The summed E-state index contributed by atoms with van der Waals surface area (Å²) in [7, 11) is 3.36. The largest absolute Gasteiger partial charge is 0.331 e. The summed E-state index contributed by atoms with van der Waals surface area (Å²) in [6, 6.07) is -0.201. The molecule has 2 amide bonds. The van der Waals surface area contributed by atoms with Gasteiger partial charge in [0.1, 0.15) is 0 Å². The number of carbonyl (C=O) groups excluding carboxylic acids is 1. The van der Waals surface area contributed by atoms with Crippen LogP contribution < -0.4 is 5.32 Å². The highest BCUT2D eigenvalue weighted by Crippen LogP contribution is 2.32. The minimum atomic E-state index is -0.201. The lowest BCUT2D eigenvalue weighted by molar-refractivity contribution is 0.230. The van der Waals surface area contributed by atoms with Gasteiger partial charge >= 0.3 is 6.03 Å². The summed E-state index contributed by atoms with van der Waals surface area (Å²) in [5.74, 6) is 0.517. The van der Waals surface area contributed by atoms with Crippen molar-refractivity contribution < 1.29 is 4.79 Å². The Morgan fingerprint density at radius 2 is 2.00 bits per heavy atom. The highest BCUT2D eigenvalue weighted by Gasteiger charge is 2.23. The van der Waals surface area contributed by atoms with Crippen molar-refractivity contribution >= 4 is 27.8 Å². The Morgan fingerprint density at radius 3 is 2.38 bits per heavy atom. The zero-order valence-corrected chi connectivity index (χ0v) is 11.8. The van der Waals surface area contributed by atoms with Gasteiger partial charge in [0.2, 0.25) is 0 Å². The summed E-state index contributed by atoms with van der Waals surface area (Å²) in [6.07, 6.45) is 0. The van der Waals surface area contributed by atoms with E-state index in [9.17, 15) is 4.79 Å². The molecule has 2 N–H and O–H groups in total. The first kappa shape index (κ1) is 13.0. The van der Waals surface area contributed by atoms with Crippen LogP contribution in [0.1, 0.15) is 26.5 Å². The van der Waals surface area contributed by atoms with Crippen molar-refractivity contribution in [2.75, 3.05) is 19.4 Å². The Morgan fingerprint density at radius 1 is 1.44 bits per heavy atom.